The second-order valence-corrected chi connectivity index (χ2v) is 11.2. The number of ether oxygens (including phenoxy) is 5. The highest BCUT2D eigenvalue weighted by atomic mass is 16.6. The lowest BCUT2D eigenvalue weighted by Crippen LogP contribution is -2.49. The monoisotopic (exact) mass is 486 g/mol. The molecule has 2 aliphatic rings. The Morgan fingerprint density at radius 3 is 2.40 bits per heavy atom. The van der Waals surface area contributed by atoms with Gasteiger partial charge in [-0.25, -0.2) is 14.6 Å². The summed E-state index contributed by atoms with van der Waals surface area (Å²) in [6, 6.07) is 4.69. The van der Waals surface area contributed by atoms with Crippen LogP contribution in [0.1, 0.15) is 53.7 Å². The summed E-state index contributed by atoms with van der Waals surface area (Å²) in [5.74, 6) is 1.23. The lowest BCUT2D eigenvalue weighted by molar-refractivity contribution is -0.160. The molecule has 9 heteroatoms. The molecule has 9 nitrogen and oxygen atoms in total. The number of fused-ring (bicyclic) bond motifs is 3. The summed E-state index contributed by atoms with van der Waals surface area (Å²) in [6.07, 6.45) is -0.395. The molecule has 1 aromatic heterocycles. The number of hydrogen-bond acceptors (Lipinski definition) is 8. The van der Waals surface area contributed by atoms with Gasteiger partial charge in [0.2, 0.25) is 0 Å². The fourth-order valence-corrected chi connectivity index (χ4v) is 4.37. The molecule has 0 unspecified atom stereocenters. The van der Waals surface area contributed by atoms with Gasteiger partial charge in [-0.05, 0) is 66.7 Å². The molecule has 3 heterocycles. The van der Waals surface area contributed by atoms with Crippen molar-refractivity contribution in [2.45, 2.75) is 77.7 Å². The van der Waals surface area contributed by atoms with E-state index in [9.17, 15) is 9.59 Å². The number of aromatic nitrogens is 1. The smallest absolute Gasteiger partial charge is 0.411 e. The van der Waals surface area contributed by atoms with Crippen molar-refractivity contribution in [3.63, 3.8) is 0 Å². The van der Waals surface area contributed by atoms with Crippen molar-refractivity contribution in [1.82, 2.24) is 9.88 Å². The highest BCUT2D eigenvalue weighted by Crippen LogP contribution is 2.46. The largest absolute Gasteiger partial charge is 0.497 e. The number of aryl methyl sites for hydroxylation is 1. The molecule has 1 fully saturated rings. The number of carbonyl (C=O) groups excluding carboxylic acids is 2. The zero-order valence-corrected chi connectivity index (χ0v) is 21.7. The average molecular weight is 487 g/mol. The molecular formula is C26H34N2O7. The van der Waals surface area contributed by atoms with Gasteiger partial charge in [0.05, 0.1) is 24.9 Å². The van der Waals surface area contributed by atoms with Gasteiger partial charge < -0.3 is 23.7 Å². The second kappa shape index (κ2) is 8.46. The summed E-state index contributed by atoms with van der Waals surface area (Å²) in [6.45, 7) is 12.8. The van der Waals surface area contributed by atoms with E-state index in [1.165, 1.54) is 4.90 Å². The molecule has 1 spiro atoms. The molecule has 2 atom stereocenters. The third-order valence-corrected chi connectivity index (χ3v) is 5.78. The summed E-state index contributed by atoms with van der Waals surface area (Å²) in [5, 5.41) is 0.769. The lowest BCUT2D eigenvalue weighted by Gasteiger charge is -2.36. The van der Waals surface area contributed by atoms with Gasteiger partial charge in [0, 0.05) is 11.8 Å². The number of methoxy groups -OCH3 is 1. The molecular weight excluding hydrogens is 452 g/mol. The number of rotatable bonds is 2. The van der Waals surface area contributed by atoms with E-state index in [4.69, 9.17) is 23.7 Å². The van der Waals surface area contributed by atoms with Crippen LogP contribution in [-0.4, -0.2) is 65.1 Å². The number of likely N-dealkylation sites (tertiary alicyclic amines) is 1. The molecule has 0 bridgehead atoms. The average Bonchev–Trinajstić information content (AvgIpc) is 3.11. The molecule has 0 N–H and O–H groups in total. The highest BCUT2D eigenvalue weighted by Gasteiger charge is 2.55. The van der Waals surface area contributed by atoms with Crippen molar-refractivity contribution in [2.75, 3.05) is 20.3 Å². The lowest BCUT2D eigenvalue weighted by atomic mass is 9.99. The van der Waals surface area contributed by atoms with Crippen LogP contribution in [0.5, 0.6) is 17.2 Å². The Bertz CT molecular complexity index is 1130. The van der Waals surface area contributed by atoms with Gasteiger partial charge in [0.15, 0.2) is 17.1 Å². The number of esters is 1. The SMILES string of the molecule is COc1ccc2nc(C)c3c(c2c1)OC[C@]1(C[C@@H](C(=O)OC(C)(C)C)N(C(=O)OC(C)(C)C)C1)O3. The molecule has 2 aromatic rings. The molecule has 1 amide bonds. The van der Waals surface area contributed by atoms with Crippen LogP contribution in [0.25, 0.3) is 10.9 Å². The molecule has 190 valence electrons. The molecule has 1 aromatic carbocycles. The van der Waals surface area contributed by atoms with Crippen molar-refractivity contribution in [2.24, 2.45) is 0 Å². The first-order valence-corrected chi connectivity index (χ1v) is 11.7. The first kappa shape index (κ1) is 24.9. The fraction of sp³-hybridized carbons (Fsp3) is 0.577. The van der Waals surface area contributed by atoms with E-state index in [0.29, 0.717) is 22.9 Å². The predicted octanol–water partition coefficient (Wildman–Crippen LogP) is 4.41. The van der Waals surface area contributed by atoms with Crippen molar-refractivity contribution in [1.29, 1.82) is 0 Å². The standard InChI is InChI=1S/C26H34N2O7/c1-15-20-21(17-11-16(31-8)9-10-18(17)27-15)32-14-26(33-20)12-19(22(29)34-24(2,3)4)28(13-26)23(30)35-25(5,6)7/h9-11,19H,12-14H2,1-8H3/t19-,26+/m0/s1. The maximum Gasteiger partial charge on any atom is 0.411 e. The number of pyridine rings is 1. The Kier molecular flexibility index (Phi) is 6.02. The normalized spacial score (nSPS) is 21.8. The zero-order valence-electron chi connectivity index (χ0n) is 21.7. The van der Waals surface area contributed by atoms with Gasteiger partial charge in [-0.15, -0.1) is 0 Å². The zero-order chi connectivity index (χ0) is 25.8. The van der Waals surface area contributed by atoms with Gasteiger partial charge in [-0.1, -0.05) is 0 Å². The summed E-state index contributed by atoms with van der Waals surface area (Å²) < 4.78 is 29.4. The molecule has 4 rings (SSSR count). The van der Waals surface area contributed by atoms with E-state index >= 15 is 0 Å². The van der Waals surface area contributed by atoms with Gasteiger partial charge >= 0.3 is 12.1 Å². The van der Waals surface area contributed by atoms with Crippen molar-refractivity contribution in [3.05, 3.63) is 23.9 Å². The Hall–Kier alpha value is -3.23. The van der Waals surface area contributed by atoms with E-state index in [1.807, 2.05) is 25.1 Å². The number of amides is 1. The van der Waals surface area contributed by atoms with Crippen LogP contribution in [-0.2, 0) is 14.3 Å². The van der Waals surface area contributed by atoms with E-state index < -0.39 is 34.9 Å². The molecule has 0 radical (unpaired) electrons. The van der Waals surface area contributed by atoms with Gasteiger partial charge in [-0.3, -0.25) is 4.90 Å². The third-order valence-electron chi connectivity index (χ3n) is 5.78. The van der Waals surface area contributed by atoms with E-state index in [1.54, 1.807) is 48.7 Å². The van der Waals surface area contributed by atoms with Crippen molar-refractivity contribution >= 4 is 23.0 Å². The first-order chi connectivity index (χ1) is 16.2. The first-order valence-electron chi connectivity index (χ1n) is 11.7. The molecule has 0 saturated carbocycles. The molecule has 0 aliphatic carbocycles. The summed E-state index contributed by atoms with van der Waals surface area (Å²) >= 11 is 0. The summed E-state index contributed by atoms with van der Waals surface area (Å²) in [7, 11) is 1.60. The number of benzene rings is 1. The summed E-state index contributed by atoms with van der Waals surface area (Å²) in [5.41, 5.74) is -0.969. The van der Waals surface area contributed by atoms with Crippen molar-refractivity contribution in [3.8, 4) is 17.2 Å². The second-order valence-electron chi connectivity index (χ2n) is 11.2. The third kappa shape index (κ3) is 5.09. The van der Waals surface area contributed by atoms with Crippen LogP contribution in [0, 0.1) is 6.92 Å². The maximum atomic E-state index is 13.1. The van der Waals surface area contributed by atoms with Crippen molar-refractivity contribution < 1.29 is 33.3 Å². The predicted molar refractivity (Wildman–Crippen MR) is 129 cm³/mol. The molecule has 2 aliphatic heterocycles. The quantitative estimate of drug-likeness (QED) is 0.576. The highest BCUT2D eigenvalue weighted by molar-refractivity contribution is 5.90. The van der Waals surface area contributed by atoms with E-state index in [-0.39, 0.29) is 19.6 Å². The van der Waals surface area contributed by atoms with Crippen LogP contribution in [0.2, 0.25) is 0 Å². The van der Waals surface area contributed by atoms with Crippen LogP contribution < -0.4 is 14.2 Å². The Morgan fingerprint density at radius 1 is 1.09 bits per heavy atom. The summed E-state index contributed by atoms with van der Waals surface area (Å²) in [4.78, 5) is 32.3. The number of nitrogens with zero attached hydrogens (tertiary/aromatic N) is 2. The number of carbonyl (C=O) groups is 2. The minimum Gasteiger partial charge on any atom is -0.497 e. The van der Waals surface area contributed by atoms with Crippen LogP contribution >= 0.6 is 0 Å². The molecule has 35 heavy (non-hydrogen) atoms. The Labute approximate surface area is 205 Å². The minimum absolute atomic E-state index is 0.112. The van der Waals surface area contributed by atoms with Gasteiger partial charge in [0.25, 0.3) is 0 Å². The van der Waals surface area contributed by atoms with Crippen LogP contribution in [0.3, 0.4) is 0 Å². The van der Waals surface area contributed by atoms with Gasteiger partial charge in [0.1, 0.15) is 29.6 Å². The Balaban J connectivity index is 1.69. The number of hydrogen-bond donors (Lipinski definition) is 0. The minimum atomic E-state index is -0.954. The van der Waals surface area contributed by atoms with Gasteiger partial charge in [-0.2, -0.15) is 0 Å². The maximum absolute atomic E-state index is 13.1. The van der Waals surface area contributed by atoms with Crippen LogP contribution in [0.4, 0.5) is 4.79 Å². The van der Waals surface area contributed by atoms with E-state index in [2.05, 4.69) is 4.98 Å². The van der Waals surface area contributed by atoms with Crippen LogP contribution in [0.15, 0.2) is 18.2 Å². The molecule has 1 saturated heterocycles. The van der Waals surface area contributed by atoms with E-state index in [0.717, 1.165) is 10.9 Å². The fourth-order valence-electron chi connectivity index (χ4n) is 4.37. The Morgan fingerprint density at radius 2 is 1.77 bits per heavy atom. The topological polar surface area (TPSA) is 96.4 Å².